The maximum absolute atomic E-state index is 2.42. The summed E-state index contributed by atoms with van der Waals surface area (Å²) in [4.78, 5) is 0. The first-order valence-corrected chi connectivity index (χ1v) is 44.9. The fourth-order valence-corrected chi connectivity index (χ4v) is 19.4. The van der Waals surface area contributed by atoms with Gasteiger partial charge in [-0.05, 0) is 240 Å². The SMILES string of the molecule is Cc1ccc2c(c1)c1cc(-c3ccccc3)ccc1n2-c1ccccc1.Cc1ccc2c3cc(-c4ccccc4)ccc3n(-c3ccccc3)c2c1.Cc1cccc2c1c1cc(-c3ccccc3)ccc1n2-c1ccccc1.Cc1cccc2c3cc(-c4ccccc4)ccc3n(-c3ccccc3)c12.Cc1cccc2c3cccc(-c4ccccc4)c3n(-c3ccccc3)c12. The molecule has 0 atom stereocenters. The molecule has 20 aromatic carbocycles. The van der Waals surface area contributed by atoms with Crippen molar-refractivity contribution in [1.29, 1.82) is 0 Å². The Hall–Kier alpha value is -16.6. The quantitative estimate of drug-likeness (QED) is 0.130. The summed E-state index contributed by atoms with van der Waals surface area (Å²) in [6.45, 7) is 10.9. The van der Waals surface area contributed by atoms with Crippen LogP contribution in [0, 0.1) is 34.6 Å². The highest BCUT2D eigenvalue weighted by atomic mass is 15.0. The minimum Gasteiger partial charge on any atom is -0.309 e. The Labute approximate surface area is 758 Å². The van der Waals surface area contributed by atoms with E-state index in [1.54, 1.807) is 0 Å². The molecule has 0 spiro atoms. The minimum atomic E-state index is 1.20. The summed E-state index contributed by atoms with van der Waals surface area (Å²) >= 11 is 0. The molecule has 0 fully saturated rings. The molecule has 5 aromatic heterocycles. The zero-order valence-electron chi connectivity index (χ0n) is 73.4. The number of hydrogen-bond acceptors (Lipinski definition) is 0. The number of hydrogen-bond donors (Lipinski definition) is 0. The zero-order chi connectivity index (χ0) is 87.5. The van der Waals surface area contributed by atoms with E-state index in [0.717, 1.165) is 0 Å². The van der Waals surface area contributed by atoms with Crippen molar-refractivity contribution >= 4 is 109 Å². The summed E-state index contributed by atoms with van der Waals surface area (Å²) < 4.78 is 11.9. The summed E-state index contributed by atoms with van der Waals surface area (Å²) in [6.07, 6.45) is 0. The molecular weight excluding hydrogens is 1570 g/mol. The molecule has 0 aliphatic carbocycles. The molecule has 0 radical (unpaired) electrons. The van der Waals surface area contributed by atoms with Crippen molar-refractivity contribution in [1.82, 2.24) is 22.8 Å². The Morgan fingerprint density at radius 1 is 0.138 bits per heavy atom. The van der Waals surface area contributed by atoms with Gasteiger partial charge in [-0.3, -0.25) is 0 Å². The molecule has 5 heteroatoms. The third-order valence-corrected chi connectivity index (χ3v) is 25.4. The van der Waals surface area contributed by atoms with Gasteiger partial charge in [0.1, 0.15) is 0 Å². The highest BCUT2D eigenvalue weighted by Gasteiger charge is 2.22. The van der Waals surface area contributed by atoms with E-state index in [2.05, 4.69) is 543 Å². The van der Waals surface area contributed by atoms with Crippen molar-refractivity contribution in [3.63, 3.8) is 0 Å². The van der Waals surface area contributed by atoms with E-state index in [4.69, 9.17) is 0 Å². The van der Waals surface area contributed by atoms with Gasteiger partial charge in [0.2, 0.25) is 0 Å². The number of rotatable bonds is 10. The molecule has 0 saturated carbocycles. The van der Waals surface area contributed by atoms with E-state index in [1.807, 2.05) is 0 Å². The van der Waals surface area contributed by atoms with E-state index in [1.165, 1.54) is 221 Å². The second kappa shape index (κ2) is 35.4. The molecule has 130 heavy (non-hydrogen) atoms. The third-order valence-electron chi connectivity index (χ3n) is 25.4. The maximum atomic E-state index is 2.42. The van der Waals surface area contributed by atoms with Crippen molar-refractivity contribution in [2.24, 2.45) is 0 Å². The summed E-state index contributed by atoms with van der Waals surface area (Å²) in [5.74, 6) is 0. The first-order valence-electron chi connectivity index (χ1n) is 44.9. The van der Waals surface area contributed by atoms with Crippen molar-refractivity contribution in [2.75, 3.05) is 0 Å². The Morgan fingerprint density at radius 2 is 0.423 bits per heavy atom. The normalized spacial score (nSPS) is 11.3. The molecule has 0 saturated heterocycles. The molecule has 0 aliphatic rings. The predicted molar refractivity (Wildman–Crippen MR) is 555 cm³/mol. The van der Waals surface area contributed by atoms with Crippen LogP contribution in [-0.2, 0) is 0 Å². The van der Waals surface area contributed by atoms with Crippen LogP contribution in [0.15, 0.2) is 485 Å². The van der Waals surface area contributed by atoms with Crippen LogP contribution in [0.5, 0.6) is 0 Å². The van der Waals surface area contributed by atoms with E-state index < -0.39 is 0 Å². The number of fused-ring (bicyclic) bond motifs is 15. The van der Waals surface area contributed by atoms with Gasteiger partial charge in [0.15, 0.2) is 0 Å². The lowest BCUT2D eigenvalue weighted by Crippen LogP contribution is -1.96. The highest BCUT2D eigenvalue weighted by molar-refractivity contribution is 6.17. The monoisotopic (exact) mass is 1670 g/mol. The molecule has 0 unspecified atom stereocenters. The van der Waals surface area contributed by atoms with Crippen LogP contribution in [-0.4, -0.2) is 22.8 Å². The van der Waals surface area contributed by atoms with Gasteiger partial charge >= 0.3 is 0 Å². The molecule has 25 rings (SSSR count). The van der Waals surface area contributed by atoms with Crippen LogP contribution < -0.4 is 0 Å². The first-order chi connectivity index (χ1) is 64.1. The van der Waals surface area contributed by atoms with Gasteiger partial charge in [0.25, 0.3) is 0 Å². The summed E-state index contributed by atoms with van der Waals surface area (Å²) in [6, 6.07) is 173. The zero-order valence-corrected chi connectivity index (χ0v) is 73.4. The Bertz CT molecular complexity index is 8270. The van der Waals surface area contributed by atoms with Gasteiger partial charge in [-0.25, -0.2) is 0 Å². The molecule has 0 amide bonds. The van der Waals surface area contributed by atoms with Gasteiger partial charge in [-0.2, -0.15) is 0 Å². The maximum Gasteiger partial charge on any atom is 0.0619 e. The van der Waals surface area contributed by atoms with Crippen molar-refractivity contribution in [3.8, 4) is 84.1 Å². The van der Waals surface area contributed by atoms with Crippen LogP contribution in [0.2, 0.25) is 0 Å². The van der Waals surface area contributed by atoms with Crippen LogP contribution in [0.1, 0.15) is 27.8 Å². The number of nitrogens with zero attached hydrogens (tertiary/aromatic N) is 5. The number of aromatic nitrogens is 5. The Kier molecular flexibility index (Phi) is 21.9. The molecule has 5 heterocycles. The van der Waals surface area contributed by atoms with Gasteiger partial charge in [-0.15, -0.1) is 0 Å². The second-order valence-corrected chi connectivity index (χ2v) is 33.8. The van der Waals surface area contributed by atoms with Gasteiger partial charge in [0.05, 0.1) is 55.2 Å². The van der Waals surface area contributed by atoms with Gasteiger partial charge < -0.3 is 22.8 Å². The third kappa shape index (κ3) is 15.4. The lowest BCUT2D eigenvalue weighted by molar-refractivity contribution is 1.17. The highest BCUT2D eigenvalue weighted by Crippen LogP contribution is 2.44. The number of benzene rings is 20. The predicted octanol–water partition coefficient (Wildman–Crippen LogP) is 33.8. The number of aryl methyl sites for hydroxylation is 5. The van der Waals surface area contributed by atoms with Crippen LogP contribution in [0.25, 0.3) is 193 Å². The molecule has 0 N–H and O–H groups in total. The van der Waals surface area contributed by atoms with Crippen molar-refractivity contribution < 1.29 is 0 Å². The Morgan fingerprint density at radius 3 is 0.869 bits per heavy atom. The molecule has 0 aliphatic heterocycles. The second-order valence-electron chi connectivity index (χ2n) is 33.8. The average molecular weight is 1670 g/mol. The van der Waals surface area contributed by atoms with Gasteiger partial charge in [0, 0.05) is 87.9 Å². The summed E-state index contributed by atoms with van der Waals surface area (Å²) in [5.41, 5.74) is 37.6. The minimum absolute atomic E-state index is 1.20. The molecular formula is C125H95N5. The van der Waals surface area contributed by atoms with E-state index >= 15 is 0 Å². The average Bonchev–Trinajstić information content (AvgIpc) is 1.60. The summed E-state index contributed by atoms with van der Waals surface area (Å²) in [7, 11) is 0. The standard InChI is InChI=1S/5C25H19N/c1-18-10-8-16-22-23-17-9-15-21(19-11-4-2-5-12-19)25(23)26(24(18)22)20-13-6-3-7-14-20;1-18-9-8-14-24-25(18)22-17-20(19-10-4-2-5-11-19)15-16-23(22)26(24)21-12-6-3-7-13-21;1-18-9-8-14-22-23-17-20(19-10-4-2-5-11-19)15-16-24(23)26(25(18)22)21-12-6-3-7-13-21;1-18-12-14-24-22(16-18)23-17-20(19-8-4-2-5-9-19)13-15-25(23)26(24)21-10-6-3-7-11-21;1-18-12-14-22-23-17-20(19-8-4-2-5-9-19)13-15-24(23)26(25(22)16-18)21-10-6-3-7-11-21/h5*2-17H,1H3. The van der Waals surface area contributed by atoms with Gasteiger partial charge in [-0.1, -0.05) is 357 Å². The topological polar surface area (TPSA) is 24.6 Å². The van der Waals surface area contributed by atoms with E-state index in [9.17, 15) is 0 Å². The fraction of sp³-hybridized carbons (Fsp3) is 0.0400. The van der Waals surface area contributed by atoms with Crippen LogP contribution >= 0.6 is 0 Å². The Balaban J connectivity index is 0.0000000983. The van der Waals surface area contributed by atoms with Crippen molar-refractivity contribution in [2.45, 2.75) is 34.6 Å². The smallest absolute Gasteiger partial charge is 0.0619 e. The fourth-order valence-electron chi connectivity index (χ4n) is 19.4. The molecule has 5 nitrogen and oxygen atoms in total. The van der Waals surface area contributed by atoms with Crippen LogP contribution in [0.4, 0.5) is 0 Å². The van der Waals surface area contributed by atoms with Crippen molar-refractivity contribution in [3.05, 3.63) is 513 Å². The van der Waals surface area contributed by atoms with E-state index in [-0.39, 0.29) is 0 Å². The lowest BCUT2D eigenvalue weighted by atomic mass is 10.0. The molecule has 25 aromatic rings. The van der Waals surface area contributed by atoms with E-state index in [0.29, 0.717) is 0 Å². The molecule has 0 bridgehead atoms. The number of para-hydroxylation sites is 8. The largest absolute Gasteiger partial charge is 0.309 e. The lowest BCUT2D eigenvalue weighted by Gasteiger charge is -2.12. The first kappa shape index (κ1) is 80.5. The van der Waals surface area contributed by atoms with Crippen LogP contribution in [0.3, 0.4) is 0 Å². The molecule has 620 valence electrons. The summed E-state index contributed by atoms with van der Waals surface area (Å²) in [5, 5.41) is 13.1.